The molecule has 12 heavy (non-hydrogen) atoms. The molecule has 0 unspecified atom stereocenters. The van der Waals surface area contributed by atoms with Crippen LogP contribution in [0.15, 0.2) is 23.1 Å². The molecule has 1 heterocycles. The van der Waals surface area contributed by atoms with E-state index in [-0.39, 0.29) is 11.0 Å². The molecule has 0 saturated heterocycles. The molecule has 1 rings (SSSR count). The Hall–Kier alpha value is -0.320. The molecule has 66 valence electrons. The van der Waals surface area contributed by atoms with Crippen LogP contribution in [0.3, 0.4) is 0 Å². The van der Waals surface area contributed by atoms with Crippen molar-refractivity contribution in [1.82, 2.24) is 2.78 Å². The maximum absolute atomic E-state index is 11.6. The molecule has 0 amide bonds. The Morgan fingerprint density at radius 1 is 1.42 bits per heavy atom. The molecular formula is C9H12INO. The van der Waals surface area contributed by atoms with E-state index >= 15 is 0 Å². The molecule has 0 aliphatic heterocycles. The van der Waals surface area contributed by atoms with Crippen molar-refractivity contribution < 1.29 is 0 Å². The molecule has 3 heteroatoms. The number of nitrogens with zero attached hydrogens (tertiary/aromatic N) is 1. The lowest BCUT2D eigenvalue weighted by atomic mass is 9.88. The van der Waals surface area contributed by atoms with E-state index in [4.69, 9.17) is 0 Å². The standard InChI is InChI=1S/C9H12INO/c1-9(2,3)7-5-4-6-11(10)8(7)12/h4-6H,1-3H3. The molecule has 0 N–H and O–H groups in total. The summed E-state index contributed by atoms with van der Waals surface area (Å²) < 4.78 is 1.58. The van der Waals surface area contributed by atoms with Gasteiger partial charge >= 0.3 is 0 Å². The van der Waals surface area contributed by atoms with Crippen molar-refractivity contribution in [3.05, 3.63) is 34.2 Å². The highest BCUT2D eigenvalue weighted by molar-refractivity contribution is 14.1. The van der Waals surface area contributed by atoms with Gasteiger partial charge in [0.1, 0.15) is 0 Å². The molecule has 2 nitrogen and oxygen atoms in total. The number of hydrogen-bond donors (Lipinski definition) is 0. The van der Waals surface area contributed by atoms with Crippen molar-refractivity contribution in [2.24, 2.45) is 0 Å². The van der Waals surface area contributed by atoms with Crippen LogP contribution in [0.5, 0.6) is 0 Å². The quantitative estimate of drug-likeness (QED) is 0.667. The van der Waals surface area contributed by atoms with E-state index in [9.17, 15) is 4.79 Å². The second-order valence-electron chi connectivity index (χ2n) is 3.79. The lowest BCUT2D eigenvalue weighted by Gasteiger charge is -2.17. The minimum absolute atomic E-state index is 0.0642. The topological polar surface area (TPSA) is 22.0 Å². The number of halogens is 1. The molecule has 0 radical (unpaired) electrons. The van der Waals surface area contributed by atoms with Gasteiger partial charge in [-0.15, -0.1) is 0 Å². The van der Waals surface area contributed by atoms with Crippen LogP contribution in [-0.2, 0) is 5.41 Å². The Labute approximate surface area is 86.1 Å². The summed E-state index contributed by atoms with van der Waals surface area (Å²) in [5.41, 5.74) is 0.885. The Morgan fingerprint density at radius 3 is 2.42 bits per heavy atom. The van der Waals surface area contributed by atoms with Gasteiger partial charge in [0.15, 0.2) is 0 Å². The average molecular weight is 277 g/mol. The Bertz CT molecular complexity index is 335. The predicted octanol–water partition coefficient (Wildman–Crippen LogP) is 2.34. The molecule has 0 aromatic carbocycles. The predicted molar refractivity (Wildman–Crippen MR) is 58.8 cm³/mol. The molecule has 0 spiro atoms. The third-order valence-corrected chi connectivity index (χ3v) is 2.47. The van der Waals surface area contributed by atoms with E-state index in [0.717, 1.165) is 5.56 Å². The summed E-state index contributed by atoms with van der Waals surface area (Å²) >= 11 is 1.99. The van der Waals surface area contributed by atoms with Crippen LogP contribution in [0.2, 0.25) is 0 Å². The van der Waals surface area contributed by atoms with Crippen molar-refractivity contribution in [3.63, 3.8) is 0 Å². The van der Waals surface area contributed by atoms with Gasteiger partial charge in [-0.3, -0.25) is 7.58 Å². The van der Waals surface area contributed by atoms with Gasteiger partial charge in [-0.25, -0.2) is 0 Å². The zero-order valence-corrected chi connectivity index (χ0v) is 9.62. The third-order valence-electron chi connectivity index (χ3n) is 1.71. The van der Waals surface area contributed by atoms with Crippen LogP contribution in [-0.4, -0.2) is 2.78 Å². The monoisotopic (exact) mass is 277 g/mol. The summed E-state index contributed by atoms with van der Waals surface area (Å²) in [7, 11) is 0. The van der Waals surface area contributed by atoms with Gasteiger partial charge in [0.2, 0.25) is 0 Å². The van der Waals surface area contributed by atoms with Gasteiger partial charge in [0, 0.05) is 11.8 Å². The third kappa shape index (κ3) is 1.88. The van der Waals surface area contributed by atoms with E-state index in [1.165, 1.54) is 0 Å². The Kier molecular flexibility index (Phi) is 2.61. The second-order valence-corrected chi connectivity index (χ2v) is 4.83. The van der Waals surface area contributed by atoms with Crippen LogP contribution in [0.1, 0.15) is 26.3 Å². The van der Waals surface area contributed by atoms with Crippen LogP contribution >= 0.6 is 22.9 Å². The van der Waals surface area contributed by atoms with Crippen LogP contribution in [0, 0.1) is 0 Å². The lowest BCUT2D eigenvalue weighted by molar-refractivity contribution is 0.581. The molecule has 0 aliphatic rings. The highest BCUT2D eigenvalue weighted by Crippen LogP contribution is 2.17. The van der Waals surface area contributed by atoms with Gasteiger partial charge < -0.3 is 0 Å². The molecule has 0 fully saturated rings. The molecule has 1 aromatic heterocycles. The summed E-state index contributed by atoms with van der Waals surface area (Å²) in [4.78, 5) is 11.6. The fraction of sp³-hybridized carbons (Fsp3) is 0.444. The number of pyridine rings is 1. The second kappa shape index (κ2) is 3.20. The lowest BCUT2D eigenvalue weighted by Crippen LogP contribution is -2.26. The first-order valence-electron chi connectivity index (χ1n) is 3.81. The molecule has 0 atom stereocenters. The van der Waals surface area contributed by atoms with E-state index < -0.39 is 0 Å². The smallest absolute Gasteiger partial charge is 0.263 e. The molecule has 0 bridgehead atoms. The normalized spacial score (nSPS) is 11.7. The van der Waals surface area contributed by atoms with Crippen LogP contribution < -0.4 is 5.56 Å². The molecule has 1 aromatic rings. The van der Waals surface area contributed by atoms with Gasteiger partial charge in [0.25, 0.3) is 5.56 Å². The Balaban J connectivity index is 3.37. The van der Waals surface area contributed by atoms with Crippen molar-refractivity contribution in [3.8, 4) is 0 Å². The summed E-state index contributed by atoms with van der Waals surface area (Å²) in [6.45, 7) is 6.13. The van der Waals surface area contributed by atoms with Crippen molar-refractivity contribution in [2.75, 3.05) is 0 Å². The largest absolute Gasteiger partial charge is 0.268 e. The molecular weight excluding hydrogens is 265 g/mol. The summed E-state index contributed by atoms with van der Waals surface area (Å²) in [6, 6.07) is 3.78. The van der Waals surface area contributed by atoms with Gasteiger partial charge in [-0.05, 0) is 11.5 Å². The SMILES string of the molecule is CC(C)(C)c1cccn(I)c1=O. The number of hydrogen-bond acceptors (Lipinski definition) is 1. The minimum Gasteiger partial charge on any atom is -0.268 e. The minimum atomic E-state index is -0.0642. The molecule has 0 saturated carbocycles. The number of rotatable bonds is 0. The van der Waals surface area contributed by atoms with E-state index in [2.05, 4.69) is 0 Å². The van der Waals surface area contributed by atoms with Crippen molar-refractivity contribution in [2.45, 2.75) is 26.2 Å². The number of aromatic nitrogens is 1. The van der Waals surface area contributed by atoms with Crippen LogP contribution in [0.4, 0.5) is 0 Å². The summed E-state index contributed by atoms with van der Waals surface area (Å²) in [6.07, 6.45) is 1.76. The van der Waals surface area contributed by atoms with E-state index in [1.54, 1.807) is 8.98 Å². The highest BCUT2D eigenvalue weighted by atomic mass is 127. The highest BCUT2D eigenvalue weighted by Gasteiger charge is 2.17. The zero-order valence-electron chi connectivity index (χ0n) is 7.47. The van der Waals surface area contributed by atoms with E-state index in [0.29, 0.717) is 0 Å². The van der Waals surface area contributed by atoms with Gasteiger partial charge in [-0.2, -0.15) is 0 Å². The zero-order chi connectivity index (χ0) is 9.35. The Morgan fingerprint density at radius 2 is 2.00 bits per heavy atom. The summed E-state index contributed by atoms with van der Waals surface area (Å²) in [5, 5.41) is 0. The average Bonchev–Trinajstić information content (AvgIpc) is 1.92. The fourth-order valence-electron chi connectivity index (χ4n) is 1.04. The first-order chi connectivity index (χ1) is 5.43. The van der Waals surface area contributed by atoms with Gasteiger partial charge in [-0.1, -0.05) is 26.8 Å². The first-order valence-corrected chi connectivity index (χ1v) is 4.78. The van der Waals surface area contributed by atoms with Crippen LogP contribution in [0.25, 0.3) is 0 Å². The van der Waals surface area contributed by atoms with Crippen molar-refractivity contribution in [1.29, 1.82) is 0 Å². The van der Waals surface area contributed by atoms with E-state index in [1.807, 2.05) is 55.8 Å². The summed E-state index contributed by atoms with van der Waals surface area (Å²) in [5.74, 6) is 0. The fourth-order valence-corrected chi connectivity index (χ4v) is 1.49. The molecule has 0 aliphatic carbocycles. The maximum Gasteiger partial charge on any atom is 0.263 e. The van der Waals surface area contributed by atoms with Gasteiger partial charge in [0.05, 0.1) is 22.9 Å². The van der Waals surface area contributed by atoms with Crippen molar-refractivity contribution >= 4 is 22.9 Å². The maximum atomic E-state index is 11.6. The first kappa shape index (κ1) is 9.77.